The second-order valence-electron chi connectivity index (χ2n) is 7.31. The molecule has 6 heteroatoms. The number of primary amides is 1. The molecule has 0 atom stereocenters. The molecule has 3 fully saturated rings. The van der Waals surface area contributed by atoms with E-state index in [1.807, 2.05) is 4.90 Å². The lowest BCUT2D eigenvalue weighted by molar-refractivity contribution is -0.136. The molecule has 2 aliphatic heterocycles. The Labute approximate surface area is 139 Å². The van der Waals surface area contributed by atoms with Gasteiger partial charge in [-0.05, 0) is 25.7 Å². The molecule has 23 heavy (non-hydrogen) atoms. The van der Waals surface area contributed by atoms with Gasteiger partial charge in [-0.3, -0.25) is 19.4 Å². The molecule has 2 saturated heterocycles. The summed E-state index contributed by atoms with van der Waals surface area (Å²) in [5.74, 6) is -0.0589. The third-order valence-electron chi connectivity index (χ3n) is 5.86. The Morgan fingerprint density at radius 2 is 1.48 bits per heavy atom. The van der Waals surface area contributed by atoms with E-state index in [9.17, 15) is 9.59 Å². The minimum atomic E-state index is -0.222. The van der Waals surface area contributed by atoms with Crippen molar-refractivity contribution in [2.45, 2.75) is 44.6 Å². The number of piperidine rings is 1. The molecule has 3 aliphatic rings. The first-order valence-corrected chi connectivity index (χ1v) is 9.17. The Morgan fingerprint density at radius 1 is 0.870 bits per heavy atom. The van der Waals surface area contributed by atoms with E-state index >= 15 is 0 Å². The van der Waals surface area contributed by atoms with E-state index in [1.165, 1.54) is 25.7 Å². The van der Waals surface area contributed by atoms with Crippen LogP contribution in [0.25, 0.3) is 0 Å². The molecule has 1 saturated carbocycles. The van der Waals surface area contributed by atoms with Gasteiger partial charge in [-0.1, -0.05) is 12.8 Å². The topological polar surface area (TPSA) is 69.9 Å². The molecule has 0 aromatic heterocycles. The molecule has 130 valence electrons. The van der Waals surface area contributed by atoms with E-state index in [0.29, 0.717) is 19.6 Å². The van der Waals surface area contributed by atoms with Crippen molar-refractivity contribution in [1.29, 1.82) is 0 Å². The molecule has 2 amide bonds. The number of hydrogen-bond acceptors (Lipinski definition) is 4. The van der Waals surface area contributed by atoms with E-state index < -0.39 is 0 Å². The van der Waals surface area contributed by atoms with Crippen molar-refractivity contribution in [3.8, 4) is 0 Å². The number of nitrogens with zero attached hydrogens (tertiary/aromatic N) is 3. The summed E-state index contributed by atoms with van der Waals surface area (Å²) < 4.78 is 0. The van der Waals surface area contributed by atoms with Crippen LogP contribution in [-0.4, -0.2) is 78.4 Å². The SMILES string of the molecule is NC(=O)C1CCN(C(=O)CN2CCN(C3CCCC3)CC2)CC1. The van der Waals surface area contributed by atoms with Crippen LogP contribution in [-0.2, 0) is 9.59 Å². The van der Waals surface area contributed by atoms with Gasteiger partial charge in [0.25, 0.3) is 0 Å². The van der Waals surface area contributed by atoms with Crippen molar-refractivity contribution in [2.75, 3.05) is 45.8 Å². The Balaban J connectivity index is 1.38. The number of carbonyl (C=O) groups is 2. The van der Waals surface area contributed by atoms with Crippen molar-refractivity contribution in [2.24, 2.45) is 11.7 Å². The van der Waals surface area contributed by atoms with Crippen molar-refractivity contribution in [1.82, 2.24) is 14.7 Å². The van der Waals surface area contributed by atoms with Gasteiger partial charge < -0.3 is 10.6 Å². The second kappa shape index (κ2) is 7.62. The minimum Gasteiger partial charge on any atom is -0.369 e. The normalized spacial score (nSPS) is 25.8. The van der Waals surface area contributed by atoms with Gasteiger partial charge in [-0.25, -0.2) is 0 Å². The first kappa shape index (κ1) is 16.7. The molecule has 1 aliphatic carbocycles. The highest BCUT2D eigenvalue weighted by Gasteiger charge is 2.29. The van der Waals surface area contributed by atoms with E-state index in [2.05, 4.69) is 9.80 Å². The van der Waals surface area contributed by atoms with Gasteiger partial charge >= 0.3 is 0 Å². The van der Waals surface area contributed by atoms with Gasteiger partial charge in [-0.2, -0.15) is 0 Å². The van der Waals surface area contributed by atoms with Crippen LogP contribution in [0, 0.1) is 5.92 Å². The largest absolute Gasteiger partial charge is 0.369 e. The summed E-state index contributed by atoms with van der Waals surface area (Å²) in [6, 6.07) is 0.792. The van der Waals surface area contributed by atoms with Crippen LogP contribution in [0.1, 0.15) is 38.5 Å². The molecule has 0 aromatic rings. The van der Waals surface area contributed by atoms with Gasteiger partial charge in [0.1, 0.15) is 0 Å². The molecule has 2 heterocycles. The molecule has 0 aromatic carbocycles. The fraction of sp³-hybridized carbons (Fsp3) is 0.882. The number of carbonyl (C=O) groups excluding carboxylic acids is 2. The lowest BCUT2D eigenvalue weighted by Gasteiger charge is -2.39. The maximum Gasteiger partial charge on any atom is 0.236 e. The third kappa shape index (κ3) is 4.23. The lowest BCUT2D eigenvalue weighted by Crippen LogP contribution is -2.53. The van der Waals surface area contributed by atoms with E-state index in [0.717, 1.165) is 45.1 Å². The predicted octanol–water partition coefficient (Wildman–Crippen LogP) is 0.271. The van der Waals surface area contributed by atoms with Crippen LogP contribution >= 0.6 is 0 Å². The van der Waals surface area contributed by atoms with E-state index in [1.54, 1.807) is 0 Å². The standard InChI is InChI=1S/C17H30N4O2/c18-17(23)14-5-7-21(8-6-14)16(22)13-19-9-11-20(12-10-19)15-3-1-2-4-15/h14-15H,1-13H2,(H2,18,23). The van der Waals surface area contributed by atoms with Crippen LogP contribution in [0.2, 0.25) is 0 Å². The highest BCUT2D eigenvalue weighted by atomic mass is 16.2. The van der Waals surface area contributed by atoms with Gasteiger partial charge in [0.15, 0.2) is 0 Å². The lowest BCUT2D eigenvalue weighted by atomic mass is 9.96. The molecule has 0 radical (unpaired) electrons. The summed E-state index contributed by atoms with van der Waals surface area (Å²) >= 11 is 0. The average Bonchev–Trinajstić information content (AvgIpc) is 3.10. The summed E-state index contributed by atoms with van der Waals surface area (Å²) in [7, 11) is 0. The first-order chi connectivity index (χ1) is 11.1. The number of likely N-dealkylation sites (tertiary alicyclic amines) is 1. The van der Waals surface area contributed by atoms with Gasteiger partial charge in [0, 0.05) is 51.2 Å². The quantitative estimate of drug-likeness (QED) is 0.807. The Kier molecular flexibility index (Phi) is 5.54. The number of hydrogen-bond donors (Lipinski definition) is 1. The van der Waals surface area contributed by atoms with E-state index in [4.69, 9.17) is 5.73 Å². The van der Waals surface area contributed by atoms with Crippen molar-refractivity contribution in [3.63, 3.8) is 0 Å². The molecule has 3 rings (SSSR count). The maximum atomic E-state index is 12.4. The average molecular weight is 322 g/mol. The van der Waals surface area contributed by atoms with Crippen LogP contribution in [0.15, 0.2) is 0 Å². The predicted molar refractivity (Wildman–Crippen MR) is 88.8 cm³/mol. The molecule has 0 bridgehead atoms. The second-order valence-corrected chi connectivity index (χ2v) is 7.31. The van der Waals surface area contributed by atoms with Crippen molar-refractivity contribution < 1.29 is 9.59 Å². The summed E-state index contributed by atoms with van der Waals surface area (Å²) in [6.07, 6.45) is 6.91. The van der Waals surface area contributed by atoms with E-state index in [-0.39, 0.29) is 17.7 Å². The zero-order chi connectivity index (χ0) is 16.2. The minimum absolute atomic E-state index is 0.0472. The summed E-state index contributed by atoms with van der Waals surface area (Å²) in [4.78, 5) is 30.4. The number of piperazine rings is 1. The summed E-state index contributed by atoms with van der Waals surface area (Å²) in [6.45, 7) is 6.08. The highest BCUT2D eigenvalue weighted by molar-refractivity contribution is 5.80. The fourth-order valence-electron chi connectivity index (χ4n) is 4.26. The van der Waals surface area contributed by atoms with Crippen LogP contribution < -0.4 is 5.73 Å². The van der Waals surface area contributed by atoms with Crippen molar-refractivity contribution >= 4 is 11.8 Å². The Hall–Kier alpha value is -1.14. The molecule has 0 spiro atoms. The molecule has 6 nitrogen and oxygen atoms in total. The van der Waals surface area contributed by atoms with Crippen LogP contribution in [0.5, 0.6) is 0 Å². The van der Waals surface area contributed by atoms with Gasteiger partial charge in [0.05, 0.1) is 6.54 Å². The number of nitrogens with two attached hydrogens (primary N) is 1. The molecule has 0 unspecified atom stereocenters. The monoisotopic (exact) mass is 322 g/mol. The van der Waals surface area contributed by atoms with Crippen molar-refractivity contribution in [3.05, 3.63) is 0 Å². The highest BCUT2D eigenvalue weighted by Crippen LogP contribution is 2.24. The Bertz CT molecular complexity index is 420. The molecular formula is C17H30N4O2. The van der Waals surface area contributed by atoms with Gasteiger partial charge in [-0.15, -0.1) is 0 Å². The molecule has 2 N–H and O–H groups in total. The number of rotatable bonds is 4. The zero-order valence-corrected chi connectivity index (χ0v) is 14.1. The molecular weight excluding hydrogens is 292 g/mol. The zero-order valence-electron chi connectivity index (χ0n) is 14.1. The summed E-state index contributed by atoms with van der Waals surface area (Å²) in [5, 5.41) is 0. The first-order valence-electron chi connectivity index (χ1n) is 9.17. The smallest absolute Gasteiger partial charge is 0.236 e. The summed E-state index contributed by atoms with van der Waals surface area (Å²) in [5.41, 5.74) is 5.35. The Morgan fingerprint density at radius 3 is 2.04 bits per heavy atom. The van der Waals surface area contributed by atoms with Crippen LogP contribution in [0.4, 0.5) is 0 Å². The maximum absolute atomic E-state index is 12.4. The fourth-order valence-corrected chi connectivity index (χ4v) is 4.26. The van der Waals surface area contributed by atoms with Gasteiger partial charge in [0.2, 0.25) is 11.8 Å². The number of amides is 2. The third-order valence-corrected chi connectivity index (χ3v) is 5.86. The van der Waals surface area contributed by atoms with Crippen LogP contribution in [0.3, 0.4) is 0 Å².